The Bertz CT molecular complexity index is 1070. The number of nitrogens with zero attached hydrogens (tertiary/aromatic N) is 2. The fraction of sp³-hybridized carbons (Fsp3) is 0.774. The predicted molar refractivity (Wildman–Crippen MR) is 142 cm³/mol. The lowest BCUT2D eigenvalue weighted by atomic mass is 9.48. The summed E-state index contributed by atoms with van der Waals surface area (Å²) in [6.07, 6.45) is 14.8. The van der Waals surface area contributed by atoms with Gasteiger partial charge in [0, 0.05) is 31.6 Å². The first kappa shape index (κ1) is 24.3. The Labute approximate surface area is 221 Å². The predicted octanol–water partition coefficient (Wildman–Crippen LogP) is 4.53. The van der Waals surface area contributed by atoms with Crippen molar-refractivity contribution in [1.82, 2.24) is 9.80 Å². The van der Waals surface area contributed by atoms with Gasteiger partial charge in [-0.05, 0) is 81.4 Å². The summed E-state index contributed by atoms with van der Waals surface area (Å²) < 4.78 is 6.66. The molecule has 2 bridgehead atoms. The first-order chi connectivity index (χ1) is 17.9. The Morgan fingerprint density at radius 1 is 1.11 bits per heavy atom. The molecule has 2 aliphatic heterocycles. The van der Waals surface area contributed by atoms with Crippen molar-refractivity contribution < 1.29 is 19.7 Å². The van der Waals surface area contributed by atoms with Crippen LogP contribution in [0.4, 0.5) is 0 Å². The highest BCUT2D eigenvalue weighted by molar-refractivity contribution is 5.76. The molecule has 37 heavy (non-hydrogen) atoms. The van der Waals surface area contributed by atoms with Crippen LogP contribution >= 0.6 is 0 Å². The summed E-state index contributed by atoms with van der Waals surface area (Å²) in [5, 5.41) is 23.5. The SMILES string of the molecule is CN(C(=O)CCCC1CCCCC1)[C@@H]1CC[C@@]2(O)[C@@H]3Cc4ccc(O)c5c4[C@@]2(CCN3CC2CC2)[C@H]1O5. The van der Waals surface area contributed by atoms with Gasteiger partial charge in [0.1, 0.15) is 6.10 Å². The quantitative estimate of drug-likeness (QED) is 0.566. The molecule has 2 heterocycles. The zero-order valence-corrected chi connectivity index (χ0v) is 22.5. The second-order valence-electron chi connectivity index (χ2n) is 13.3. The number of piperidine rings is 1. The fourth-order valence-electron chi connectivity index (χ4n) is 9.23. The number of likely N-dealkylation sites (N-methyl/N-ethyl adjacent to an activating group) is 1. The third-order valence-corrected chi connectivity index (χ3v) is 11.3. The molecule has 7 rings (SSSR count). The number of rotatable bonds is 7. The van der Waals surface area contributed by atoms with Crippen molar-refractivity contribution in [1.29, 1.82) is 0 Å². The topological polar surface area (TPSA) is 73.2 Å². The minimum absolute atomic E-state index is 0.0772. The molecule has 0 radical (unpaired) electrons. The maximum atomic E-state index is 13.5. The Morgan fingerprint density at radius 3 is 2.70 bits per heavy atom. The summed E-state index contributed by atoms with van der Waals surface area (Å²) in [4.78, 5) is 18.0. The van der Waals surface area contributed by atoms with Crippen LogP contribution < -0.4 is 4.74 Å². The normalized spacial score (nSPS) is 36.6. The van der Waals surface area contributed by atoms with E-state index in [2.05, 4.69) is 11.0 Å². The number of aromatic hydroxyl groups is 1. The van der Waals surface area contributed by atoms with Crippen LogP contribution in [0, 0.1) is 11.8 Å². The maximum absolute atomic E-state index is 13.5. The van der Waals surface area contributed by atoms with Crippen molar-refractivity contribution in [3.8, 4) is 11.5 Å². The van der Waals surface area contributed by atoms with E-state index in [9.17, 15) is 15.0 Å². The van der Waals surface area contributed by atoms with Gasteiger partial charge in [-0.2, -0.15) is 0 Å². The molecule has 1 saturated heterocycles. The Morgan fingerprint density at radius 2 is 1.92 bits per heavy atom. The van der Waals surface area contributed by atoms with Crippen LogP contribution in [0.15, 0.2) is 12.1 Å². The van der Waals surface area contributed by atoms with E-state index in [0.29, 0.717) is 18.6 Å². The lowest BCUT2D eigenvalue weighted by Crippen LogP contribution is -2.78. The number of amides is 1. The standard InChI is InChI=1S/C31H44N2O4/c1-32(26(35)9-5-8-20-6-3-2-4-7-20)23-14-15-31(36)25-18-22-12-13-24(34)28-27(22)30(31,29(23)37-28)16-17-33(25)19-21-10-11-21/h12-13,20-21,23,25,29,34,36H,2-11,14-19H2,1H3/t23-,25+,29+,30+,31-/m1/s1. The van der Waals surface area contributed by atoms with Crippen LogP contribution in [0.3, 0.4) is 0 Å². The first-order valence-corrected chi connectivity index (χ1v) is 15.2. The molecule has 1 aromatic carbocycles. The van der Waals surface area contributed by atoms with Gasteiger partial charge in [-0.25, -0.2) is 0 Å². The highest BCUT2D eigenvalue weighted by atomic mass is 16.5. The number of benzene rings is 1. The molecule has 0 aromatic heterocycles. The van der Waals surface area contributed by atoms with Crippen molar-refractivity contribution in [3.63, 3.8) is 0 Å². The van der Waals surface area contributed by atoms with Gasteiger partial charge >= 0.3 is 0 Å². The Balaban J connectivity index is 1.16. The molecule has 5 atom stereocenters. The number of phenols is 1. The maximum Gasteiger partial charge on any atom is 0.222 e. The highest BCUT2D eigenvalue weighted by Crippen LogP contribution is 2.66. The van der Waals surface area contributed by atoms with Crippen LogP contribution in [0.5, 0.6) is 11.5 Å². The number of carbonyl (C=O) groups excluding carboxylic acids is 1. The number of hydrogen-bond acceptors (Lipinski definition) is 5. The molecule has 6 heteroatoms. The number of ether oxygens (including phenoxy) is 1. The van der Waals surface area contributed by atoms with E-state index < -0.39 is 11.0 Å². The number of hydrogen-bond donors (Lipinski definition) is 2. The minimum atomic E-state index is -0.891. The Kier molecular flexibility index (Phi) is 5.82. The van der Waals surface area contributed by atoms with Gasteiger partial charge in [-0.1, -0.05) is 38.2 Å². The zero-order chi connectivity index (χ0) is 25.4. The number of carbonyl (C=O) groups is 1. The monoisotopic (exact) mass is 508 g/mol. The van der Waals surface area contributed by atoms with E-state index in [4.69, 9.17) is 4.74 Å². The van der Waals surface area contributed by atoms with Gasteiger partial charge in [0.05, 0.1) is 17.1 Å². The number of phenolic OH excluding ortho intramolecular Hbond substituents is 1. The molecule has 1 spiro atoms. The van der Waals surface area contributed by atoms with Crippen LogP contribution in [0.2, 0.25) is 0 Å². The van der Waals surface area contributed by atoms with Crippen LogP contribution in [0.1, 0.15) is 94.6 Å². The van der Waals surface area contributed by atoms with Gasteiger partial charge in [-0.15, -0.1) is 0 Å². The highest BCUT2D eigenvalue weighted by Gasteiger charge is 2.73. The van der Waals surface area contributed by atoms with Gasteiger partial charge < -0.3 is 19.8 Å². The number of aliphatic hydroxyl groups is 1. The van der Waals surface area contributed by atoms with Crippen molar-refractivity contribution in [2.45, 2.75) is 119 Å². The summed E-state index contributed by atoms with van der Waals surface area (Å²) in [5.74, 6) is 2.51. The molecule has 6 nitrogen and oxygen atoms in total. The summed E-state index contributed by atoms with van der Waals surface area (Å²) in [6, 6.07) is 3.81. The lowest BCUT2D eigenvalue weighted by molar-refractivity contribution is -0.200. The van der Waals surface area contributed by atoms with Crippen LogP contribution in [-0.4, -0.2) is 69.8 Å². The van der Waals surface area contributed by atoms with E-state index in [1.54, 1.807) is 6.07 Å². The van der Waals surface area contributed by atoms with Crippen molar-refractivity contribution >= 4 is 5.91 Å². The van der Waals surface area contributed by atoms with Crippen LogP contribution in [0.25, 0.3) is 0 Å². The summed E-state index contributed by atoms with van der Waals surface area (Å²) in [7, 11) is 1.95. The smallest absolute Gasteiger partial charge is 0.222 e. The second kappa shape index (κ2) is 8.87. The largest absolute Gasteiger partial charge is 0.504 e. The summed E-state index contributed by atoms with van der Waals surface area (Å²) in [5.41, 5.74) is 0.815. The molecule has 3 saturated carbocycles. The third kappa shape index (κ3) is 3.61. The molecule has 2 N–H and O–H groups in total. The minimum Gasteiger partial charge on any atom is -0.504 e. The van der Waals surface area contributed by atoms with Crippen LogP contribution in [-0.2, 0) is 16.6 Å². The summed E-state index contributed by atoms with van der Waals surface area (Å²) in [6.45, 7) is 2.03. The van der Waals surface area contributed by atoms with E-state index >= 15 is 0 Å². The van der Waals surface area contributed by atoms with E-state index in [1.807, 2.05) is 11.9 Å². The first-order valence-electron chi connectivity index (χ1n) is 15.2. The molecular weight excluding hydrogens is 464 g/mol. The second-order valence-corrected chi connectivity index (χ2v) is 13.3. The molecule has 4 fully saturated rings. The van der Waals surface area contributed by atoms with Crippen molar-refractivity contribution in [2.75, 3.05) is 20.1 Å². The molecular formula is C31H44N2O4. The molecule has 202 valence electrons. The lowest BCUT2D eigenvalue weighted by Gasteiger charge is -2.64. The van der Waals surface area contributed by atoms with Gasteiger partial charge in [0.25, 0.3) is 0 Å². The van der Waals surface area contributed by atoms with E-state index in [1.165, 1.54) is 50.5 Å². The average Bonchev–Trinajstić information content (AvgIpc) is 3.64. The molecule has 4 aliphatic carbocycles. The fourth-order valence-corrected chi connectivity index (χ4v) is 9.23. The average molecular weight is 509 g/mol. The van der Waals surface area contributed by atoms with Crippen molar-refractivity contribution in [2.24, 2.45) is 11.8 Å². The summed E-state index contributed by atoms with van der Waals surface area (Å²) >= 11 is 0. The molecule has 0 unspecified atom stereocenters. The molecule has 6 aliphatic rings. The molecule has 1 aromatic rings. The molecule has 1 amide bonds. The third-order valence-electron chi connectivity index (χ3n) is 11.3. The number of likely N-dealkylation sites (tertiary alicyclic amines) is 1. The van der Waals surface area contributed by atoms with E-state index in [-0.39, 0.29) is 29.8 Å². The van der Waals surface area contributed by atoms with Gasteiger partial charge in [0.2, 0.25) is 5.91 Å². The van der Waals surface area contributed by atoms with Gasteiger partial charge in [-0.3, -0.25) is 9.69 Å². The van der Waals surface area contributed by atoms with E-state index in [0.717, 1.165) is 62.6 Å². The van der Waals surface area contributed by atoms with Crippen molar-refractivity contribution in [3.05, 3.63) is 23.3 Å². The zero-order valence-electron chi connectivity index (χ0n) is 22.5. The Hall–Kier alpha value is -1.79. The van der Waals surface area contributed by atoms with Gasteiger partial charge in [0.15, 0.2) is 11.5 Å².